The van der Waals surface area contributed by atoms with Crippen LogP contribution in [0.25, 0.3) is 0 Å². The molecule has 8 fully saturated rings. The van der Waals surface area contributed by atoms with Gasteiger partial charge in [-0.1, -0.05) is 66.2 Å². The van der Waals surface area contributed by atoms with Crippen LogP contribution in [0.3, 0.4) is 0 Å². The number of rotatable bonds is 14. The van der Waals surface area contributed by atoms with Gasteiger partial charge in [-0.25, -0.2) is 4.79 Å². The molecule has 0 amide bonds. The predicted molar refractivity (Wildman–Crippen MR) is 287 cm³/mol. The summed E-state index contributed by atoms with van der Waals surface area (Å²) in [6.45, 7) is 17.8. The molecular formula is C59H96O24. The molecule has 4 saturated carbocycles. The summed E-state index contributed by atoms with van der Waals surface area (Å²) in [6, 6.07) is 0. The van der Waals surface area contributed by atoms with E-state index in [4.69, 9.17) is 42.6 Å². The maximum absolute atomic E-state index is 13.2. The van der Waals surface area contributed by atoms with E-state index in [0.717, 1.165) is 19.3 Å². The van der Waals surface area contributed by atoms with Gasteiger partial charge in [0.15, 0.2) is 31.3 Å². The third-order valence-corrected chi connectivity index (χ3v) is 22.7. The zero-order chi connectivity index (χ0) is 61.0. The van der Waals surface area contributed by atoms with Gasteiger partial charge < -0.3 is 114 Å². The molecule has 4 heterocycles. The van der Waals surface area contributed by atoms with Gasteiger partial charge in [0, 0.05) is 11.0 Å². The van der Waals surface area contributed by atoms with Crippen LogP contribution in [-0.2, 0) is 47.4 Å². The topological polar surface area (TPSA) is 383 Å². The second-order valence-corrected chi connectivity index (χ2v) is 27.8. The number of hydrogen-bond donors (Lipinski definition) is 14. The minimum atomic E-state index is -1.77. The highest BCUT2D eigenvalue weighted by molar-refractivity contribution is 5.87. The molecule has 9 rings (SSSR count). The Morgan fingerprint density at radius 3 is 1.87 bits per heavy atom. The summed E-state index contributed by atoms with van der Waals surface area (Å²) in [5.41, 5.74) is -1.98. The van der Waals surface area contributed by atoms with Crippen LogP contribution >= 0.6 is 0 Å². The van der Waals surface area contributed by atoms with Crippen molar-refractivity contribution < 1.29 is 119 Å². The molecule has 9 aliphatic rings. The standard InChI is InChI=1S/C59H96O24/c1-11-25(2)49(74)82-45-38(65)31(23-75-50-42(69)40(67)36(63)29(21-60)78-50)80-52(44(45)71)81-34-15-16-56(8)32(55(34,6)7)14-17-58(10)33(56)13-12-27-28-20-54(4,5)47(72)48(73)59(28,19-18-57(27,58)9)24-76-53-46(41(68)37(64)30(22-61)79-53)83-51-43(70)39(66)35(62)26(3)77-51/h11-12,26,28-48,50-53,60-73H,13-24H2,1-10H3/b25-11-/t26-,28-,29+,30+,31+,32-,33+,34-,35-,36+,37+,38+,39+,40-,41-,42+,43+,44+,45-,46+,47-,48-,50+,51-,52-,53+,56-,57+,58+,59-/m0/s1. The normalized spacial score (nSPS) is 52.5. The summed E-state index contributed by atoms with van der Waals surface area (Å²) < 4.78 is 54.6. The number of fused-ring (bicyclic) bond motifs is 7. The molecule has 83 heavy (non-hydrogen) atoms. The highest BCUT2D eigenvalue weighted by atomic mass is 16.8. The molecular weight excluding hydrogens is 1090 g/mol. The molecule has 0 aromatic heterocycles. The molecule has 0 unspecified atom stereocenters. The average molecular weight is 1190 g/mol. The summed E-state index contributed by atoms with van der Waals surface area (Å²) >= 11 is 0. The minimum absolute atomic E-state index is 0.0774. The smallest absolute Gasteiger partial charge is 0.333 e. The largest absolute Gasteiger partial charge is 0.453 e. The molecule has 0 aromatic carbocycles. The van der Waals surface area contributed by atoms with Crippen LogP contribution in [-0.4, -0.2) is 245 Å². The first-order valence-corrected chi connectivity index (χ1v) is 29.9. The van der Waals surface area contributed by atoms with Gasteiger partial charge in [0.05, 0.1) is 50.8 Å². The van der Waals surface area contributed by atoms with E-state index in [9.17, 15) is 76.3 Å². The van der Waals surface area contributed by atoms with Crippen molar-refractivity contribution in [3.8, 4) is 0 Å². The molecule has 14 N–H and O–H groups in total. The minimum Gasteiger partial charge on any atom is -0.453 e. The Bertz CT molecular complexity index is 2340. The van der Waals surface area contributed by atoms with Gasteiger partial charge in [-0.2, -0.15) is 0 Å². The van der Waals surface area contributed by atoms with Gasteiger partial charge in [-0.15, -0.1) is 0 Å². The van der Waals surface area contributed by atoms with E-state index in [-0.39, 0.29) is 40.8 Å². The number of aliphatic hydroxyl groups is 14. The van der Waals surface area contributed by atoms with Crippen LogP contribution in [0.4, 0.5) is 0 Å². The van der Waals surface area contributed by atoms with Crippen molar-refractivity contribution in [2.24, 2.45) is 50.2 Å². The molecule has 476 valence electrons. The Morgan fingerprint density at radius 1 is 0.614 bits per heavy atom. The van der Waals surface area contributed by atoms with Gasteiger partial charge in [0.1, 0.15) is 85.5 Å². The highest BCUT2D eigenvalue weighted by Crippen LogP contribution is 2.76. The van der Waals surface area contributed by atoms with Crippen LogP contribution in [0, 0.1) is 50.2 Å². The fourth-order valence-electron chi connectivity index (χ4n) is 17.0. The lowest BCUT2D eigenvalue weighted by Gasteiger charge is -2.72. The predicted octanol–water partition coefficient (Wildman–Crippen LogP) is -1.08. The van der Waals surface area contributed by atoms with Crippen molar-refractivity contribution in [3.63, 3.8) is 0 Å². The van der Waals surface area contributed by atoms with E-state index in [2.05, 4.69) is 40.7 Å². The van der Waals surface area contributed by atoms with E-state index < -0.39 is 189 Å². The Morgan fingerprint density at radius 2 is 1.22 bits per heavy atom. The van der Waals surface area contributed by atoms with Crippen molar-refractivity contribution >= 4 is 5.97 Å². The van der Waals surface area contributed by atoms with Crippen LogP contribution in [0.1, 0.15) is 121 Å². The average Bonchev–Trinajstić information content (AvgIpc) is 0.722. The number of carbonyl (C=O) groups is 1. The summed E-state index contributed by atoms with van der Waals surface area (Å²) in [5, 5.41) is 154. The maximum atomic E-state index is 13.2. The SMILES string of the molecule is C/C=C(/C)C(=O)O[C@@H]1[C@@H](O)[C@H](O[C@H]2CC[C@]3(C)[C@H]4CC=C5[C@@H]6CC(C)(C)[C@@H](O)[C@H](O)[C@]6(CO[C@@H]6O[C@H](CO)[C@@H](O)[C@H](O)[C@H]6O[C@@H]6O[C@@H](C)[C@H](O)[C@@H](O)[C@H]6O)CC[C@@]5(C)[C@]4(C)CC[C@H]3C2(C)C)O[C@H](CO[C@@H]2O[C@H](CO)[C@@H](O)[C@H](O)[C@H]2O)[C@H]1O. The maximum Gasteiger partial charge on any atom is 0.333 e. The molecule has 0 radical (unpaired) electrons. The van der Waals surface area contributed by atoms with Gasteiger partial charge >= 0.3 is 5.97 Å². The Hall–Kier alpha value is -1.93. The second-order valence-electron chi connectivity index (χ2n) is 27.8. The lowest BCUT2D eigenvalue weighted by atomic mass is 9.33. The van der Waals surface area contributed by atoms with E-state index >= 15 is 0 Å². The third-order valence-electron chi connectivity index (χ3n) is 22.7. The number of aliphatic hydroxyl groups excluding tert-OH is 14. The molecule has 0 spiro atoms. The second kappa shape index (κ2) is 24.1. The van der Waals surface area contributed by atoms with Gasteiger partial charge in [0.2, 0.25) is 0 Å². The number of hydrogen-bond acceptors (Lipinski definition) is 24. The summed E-state index contributed by atoms with van der Waals surface area (Å²) in [4.78, 5) is 13.2. The van der Waals surface area contributed by atoms with Crippen molar-refractivity contribution in [1.82, 2.24) is 0 Å². The van der Waals surface area contributed by atoms with Crippen LogP contribution in [0.2, 0.25) is 0 Å². The quantitative estimate of drug-likeness (QED) is 0.0426. The van der Waals surface area contributed by atoms with E-state index in [0.29, 0.717) is 32.1 Å². The monoisotopic (exact) mass is 1190 g/mol. The first kappa shape index (κ1) is 65.5. The summed E-state index contributed by atoms with van der Waals surface area (Å²) in [7, 11) is 0. The number of esters is 1. The summed E-state index contributed by atoms with van der Waals surface area (Å²) in [5.74, 6) is -0.887. The highest BCUT2D eigenvalue weighted by Gasteiger charge is 2.71. The Balaban J connectivity index is 0.959. The van der Waals surface area contributed by atoms with Crippen LogP contribution in [0.15, 0.2) is 23.3 Å². The Labute approximate surface area is 485 Å². The van der Waals surface area contributed by atoms with Crippen molar-refractivity contribution in [2.45, 2.75) is 262 Å². The van der Waals surface area contributed by atoms with E-state index in [1.807, 2.05) is 13.8 Å². The first-order chi connectivity index (χ1) is 38.8. The number of allylic oxidation sites excluding steroid dienone is 3. The van der Waals surface area contributed by atoms with E-state index in [1.165, 1.54) is 25.5 Å². The van der Waals surface area contributed by atoms with Crippen molar-refractivity contribution in [1.29, 1.82) is 0 Å². The lowest BCUT2D eigenvalue weighted by Crippen LogP contribution is -2.69. The molecule has 4 aliphatic heterocycles. The fourth-order valence-corrected chi connectivity index (χ4v) is 17.0. The van der Waals surface area contributed by atoms with Crippen molar-refractivity contribution in [3.05, 3.63) is 23.3 Å². The van der Waals surface area contributed by atoms with Gasteiger partial charge in [-0.3, -0.25) is 0 Å². The molecule has 0 aromatic rings. The Kier molecular flexibility index (Phi) is 19.0. The summed E-state index contributed by atoms with van der Waals surface area (Å²) in [6.07, 6.45) is -25.0. The van der Waals surface area contributed by atoms with E-state index in [1.54, 1.807) is 6.92 Å². The molecule has 30 atom stereocenters. The molecule has 5 aliphatic carbocycles. The molecule has 4 saturated heterocycles. The first-order valence-electron chi connectivity index (χ1n) is 29.9. The zero-order valence-electron chi connectivity index (χ0n) is 49.5. The number of ether oxygens (including phenoxy) is 9. The van der Waals surface area contributed by atoms with Crippen molar-refractivity contribution in [2.75, 3.05) is 26.4 Å². The van der Waals surface area contributed by atoms with Crippen LogP contribution < -0.4 is 0 Å². The molecule has 24 heteroatoms. The molecule has 24 nitrogen and oxygen atoms in total. The lowest BCUT2D eigenvalue weighted by molar-refractivity contribution is -0.369. The van der Waals surface area contributed by atoms with Crippen LogP contribution in [0.5, 0.6) is 0 Å². The fraction of sp³-hybridized carbons (Fsp3) is 0.915. The van der Waals surface area contributed by atoms with Gasteiger partial charge in [0.25, 0.3) is 0 Å². The zero-order valence-corrected chi connectivity index (χ0v) is 49.5. The van der Waals surface area contributed by atoms with Gasteiger partial charge in [-0.05, 0) is 117 Å². The molecule has 0 bridgehead atoms. The number of carbonyl (C=O) groups excluding carboxylic acids is 1. The third kappa shape index (κ3) is 11.0.